The van der Waals surface area contributed by atoms with Crippen LogP contribution in [-0.2, 0) is 0 Å². The first-order valence-corrected chi connectivity index (χ1v) is 7.58. The molecular formula is C15H21BrN2O. The van der Waals surface area contributed by atoms with Gasteiger partial charge in [-0.2, -0.15) is 0 Å². The molecule has 1 saturated heterocycles. The fourth-order valence-corrected chi connectivity index (χ4v) is 2.80. The predicted octanol–water partition coefficient (Wildman–Crippen LogP) is 2.92. The Hall–Kier alpha value is -0.870. The van der Waals surface area contributed by atoms with E-state index in [9.17, 15) is 4.79 Å². The summed E-state index contributed by atoms with van der Waals surface area (Å²) in [4.78, 5) is 16.9. The van der Waals surface area contributed by atoms with Crippen LogP contribution in [0.5, 0.6) is 0 Å². The third kappa shape index (κ3) is 3.37. The minimum atomic E-state index is 0.155. The van der Waals surface area contributed by atoms with Gasteiger partial charge in [0.05, 0.1) is 0 Å². The van der Waals surface area contributed by atoms with Crippen LogP contribution in [0.1, 0.15) is 29.8 Å². The van der Waals surface area contributed by atoms with Crippen LogP contribution in [0.4, 0.5) is 0 Å². The third-order valence-electron chi connectivity index (χ3n) is 3.76. The van der Waals surface area contributed by atoms with Crippen molar-refractivity contribution >= 4 is 21.8 Å². The molecule has 3 nitrogen and oxygen atoms in total. The number of rotatable bonds is 2. The molecule has 1 aliphatic heterocycles. The van der Waals surface area contributed by atoms with Gasteiger partial charge in [-0.25, -0.2) is 0 Å². The van der Waals surface area contributed by atoms with Gasteiger partial charge < -0.3 is 4.90 Å². The average molecular weight is 325 g/mol. The quantitative estimate of drug-likeness (QED) is 0.835. The van der Waals surface area contributed by atoms with E-state index < -0.39 is 0 Å². The predicted molar refractivity (Wildman–Crippen MR) is 81.5 cm³/mol. The number of amides is 1. The highest BCUT2D eigenvalue weighted by molar-refractivity contribution is 9.10. The summed E-state index contributed by atoms with van der Waals surface area (Å²) < 4.78 is 0.960. The Morgan fingerprint density at radius 3 is 2.42 bits per heavy atom. The Morgan fingerprint density at radius 1 is 1.21 bits per heavy atom. The monoisotopic (exact) mass is 324 g/mol. The lowest BCUT2D eigenvalue weighted by Gasteiger charge is -2.37. The van der Waals surface area contributed by atoms with Gasteiger partial charge in [0, 0.05) is 42.3 Å². The van der Waals surface area contributed by atoms with Crippen LogP contribution in [0.25, 0.3) is 0 Å². The normalized spacial score (nSPS) is 17.0. The zero-order chi connectivity index (χ0) is 14.0. The summed E-state index contributed by atoms with van der Waals surface area (Å²) in [5, 5.41) is 0. The van der Waals surface area contributed by atoms with Crippen LogP contribution < -0.4 is 0 Å². The van der Waals surface area contributed by atoms with Crippen molar-refractivity contribution < 1.29 is 4.79 Å². The maximum atomic E-state index is 12.5. The number of benzene rings is 1. The van der Waals surface area contributed by atoms with E-state index in [4.69, 9.17) is 0 Å². The number of piperazine rings is 1. The standard InChI is InChI=1S/C15H21BrN2O/c1-11(2)17-6-8-18(9-7-17)15(19)14-10-13(16)5-4-12(14)3/h4-5,10-11H,6-9H2,1-3H3. The van der Waals surface area contributed by atoms with Crippen LogP contribution in [0.3, 0.4) is 0 Å². The third-order valence-corrected chi connectivity index (χ3v) is 4.26. The summed E-state index contributed by atoms with van der Waals surface area (Å²) in [5.41, 5.74) is 1.85. The number of carbonyl (C=O) groups is 1. The molecule has 1 aromatic rings. The van der Waals surface area contributed by atoms with E-state index in [-0.39, 0.29) is 5.91 Å². The molecule has 1 aliphatic rings. The summed E-state index contributed by atoms with van der Waals surface area (Å²) in [6.45, 7) is 9.98. The highest BCUT2D eigenvalue weighted by Crippen LogP contribution is 2.19. The van der Waals surface area contributed by atoms with E-state index in [0.717, 1.165) is 41.8 Å². The molecule has 104 valence electrons. The van der Waals surface area contributed by atoms with Gasteiger partial charge in [0.15, 0.2) is 0 Å². The summed E-state index contributed by atoms with van der Waals surface area (Å²) in [6.07, 6.45) is 0. The lowest BCUT2D eigenvalue weighted by Crippen LogP contribution is -2.50. The van der Waals surface area contributed by atoms with E-state index in [1.54, 1.807) is 0 Å². The van der Waals surface area contributed by atoms with Gasteiger partial charge in [-0.1, -0.05) is 22.0 Å². The Kier molecular flexibility index (Phi) is 4.63. The first-order chi connectivity index (χ1) is 8.99. The van der Waals surface area contributed by atoms with Crippen LogP contribution in [0.15, 0.2) is 22.7 Å². The summed E-state index contributed by atoms with van der Waals surface area (Å²) in [6, 6.07) is 6.45. The molecule has 2 rings (SSSR count). The van der Waals surface area contributed by atoms with E-state index >= 15 is 0 Å². The zero-order valence-corrected chi connectivity index (χ0v) is 13.4. The average Bonchev–Trinajstić information content (AvgIpc) is 2.41. The molecular weight excluding hydrogens is 304 g/mol. The van der Waals surface area contributed by atoms with Crippen LogP contribution in [-0.4, -0.2) is 47.9 Å². The van der Waals surface area contributed by atoms with E-state index in [2.05, 4.69) is 34.7 Å². The zero-order valence-electron chi connectivity index (χ0n) is 11.8. The highest BCUT2D eigenvalue weighted by Gasteiger charge is 2.24. The highest BCUT2D eigenvalue weighted by atomic mass is 79.9. The van der Waals surface area contributed by atoms with Crippen molar-refractivity contribution in [3.8, 4) is 0 Å². The number of nitrogens with zero attached hydrogens (tertiary/aromatic N) is 2. The van der Waals surface area contributed by atoms with Crippen LogP contribution >= 0.6 is 15.9 Å². The Balaban J connectivity index is 2.07. The molecule has 1 amide bonds. The van der Waals surface area contributed by atoms with Crippen molar-refractivity contribution in [3.05, 3.63) is 33.8 Å². The van der Waals surface area contributed by atoms with E-state index in [1.165, 1.54) is 0 Å². The fourth-order valence-electron chi connectivity index (χ4n) is 2.44. The molecule has 0 saturated carbocycles. The molecule has 0 atom stereocenters. The smallest absolute Gasteiger partial charge is 0.254 e. The molecule has 0 unspecified atom stereocenters. The van der Waals surface area contributed by atoms with Crippen molar-refractivity contribution in [1.82, 2.24) is 9.80 Å². The summed E-state index contributed by atoms with van der Waals surface area (Å²) >= 11 is 3.44. The first-order valence-electron chi connectivity index (χ1n) is 6.78. The molecule has 1 heterocycles. The van der Waals surface area contributed by atoms with Crippen molar-refractivity contribution in [3.63, 3.8) is 0 Å². The maximum absolute atomic E-state index is 12.5. The second-order valence-corrected chi connectivity index (χ2v) is 6.30. The number of hydrogen-bond acceptors (Lipinski definition) is 2. The second-order valence-electron chi connectivity index (χ2n) is 5.38. The molecule has 1 aromatic carbocycles. The largest absolute Gasteiger partial charge is 0.336 e. The first kappa shape index (κ1) is 14.5. The Morgan fingerprint density at radius 2 is 1.84 bits per heavy atom. The van der Waals surface area contributed by atoms with Gasteiger partial charge in [0.25, 0.3) is 5.91 Å². The Labute approximate surface area is 123 Å². The van der Waals surface area contributed by atoms with Crippen LogP contribution in [0.2, 0.25) is 0 Å². The molecule has 0 aliphatic carbocycles. The topological polar surface area (TPSA) is 23.6 Å². The molecule has 4 heteroatoms. The van der Waals surface area contributed by atoms with Gasteiger partial charge in [0.2, 0.25) is 0 Å². The van der Waals surface area contributed by atoms with Gasteiger partial charge in [-0.3, -0.25) is 9.69 Å². The van der Waals surface area contributed by atoms with Crippen molar-refractivity contribution in [1.29, 1.82) is 0 Å². The maximum Gasteiger partial charge on any atom is 0.254 e. The second kappa shape index (κ2) is 6.06. The minimum Gasteiger partial charge on any atom is -0.336 e. The summed E-state index contributed by atoms with van der Waals surface area (Å²) in [5.74, 6) is 0.155. The molecule has 1 fully saturated rings. The van der Waals surface area contributed by atoms with E-state index in [0.29, 0.717) is 6.04 Å². The lowest BCUT2D eigenvalue weighted by molar-refractivity contribution is 0.0594. The molecule has 0 spiro atoms. The van der Waals surface area contributed by atoms with E-state index in [1.807, 2.05) is 30.0 Å². The number of carbonyl (C=O) groups excluding carboxylic acids is 1. The number of halogens is 1. The fraction of sp³-hybridized carbons (Fsp3) is 0.533. The van der Waals surface area contributed by atoms with Gasteiger partial charge in [-0.05, 0) is 38.5 Å². The molecule has 0 bridgehead atoms. The molecule has 0 radical (unpaired) electrons. The lowest BCUT2D eigenvalue weighted by atomic mass is 10.1. The molecule has 0 aromatic heterocycles. The number of aryl methyl sites for hydroxylation is 1. The van der Waals surface area contributed by atoms with Crippen molar-refractivity contribution in [2.45, 2.75) is 26.8 Å². The van der Waals surface area contributed by atoms with Gasteiger partial charge in [0.1, 0.15) is 0 Å². The number of hydrogen-bond donors (Lipinski definition) is 0. The molecule has 19 heavy (non-hydrogen) atoms. The SMILES string of the molecule is Cc1ccc(Br)cc1C(=O)N1CCN(C(C)C)CC1. The van der Waals surface area contributed by atoms with Gasteiger partial charge >= 0.3 is 0 Å². The Bertz CT molecular complexity index is 465. The van der Waals surface area contributed by atoms with Crippen molar-refractivity contribution in [2.24, 2.45) is 0 Å². The van der Waals surface area contributed by atoms with Crippen LogP contribution in [0, 0.1) is 6.92 Å². The van der Waals surface area contributed by atoms with Crippen molar-refractivity contribution in [2.75, 3.05) is 26.2 Å². The van der Waals surface area contributed by atoms with Gasteiger partial charge in [-0.15, -0.1) is 0 Å². The molecule has 0 N–H and O–H groups in total. The summed E-state index contributed by atoms with van der Waals surface area (Å²) in [7, 11) is 0. The minimum absolute atomic E-state index is 0.155.